The van der Waals surface area contributed by atoms with E-state index in [-0.39, 0.29) is 5.91 Å². The Balaban J connectivity index is 1.37. The second kappa shape index (κ2) is 7.37. The van der Waals surface area contributed by atoms with Crippen LogP contribution in [-0.4, -0.2) is 79.7 Å². The second-order valence-electron chi connectivity index (χ2n) is 6.60. The molecule has 1 aromatic heterocycles. The van der Waals surface area contributed by atoms with Crippen LogP contribution in [0.1, 0.15) is 0 Å². The Hall–Kier alpha value is -2.18. The summed E-state index contributed by atoms with van der Waals surface area (Å²) in [4.78, 5) is 23.4. The molecule has 0 spiro atoms. The highest BCUT2D eigenvalue weighted by Crippen LogP contribution is 2.25. The zero-order chi connectivity index (χ0) is 17.1. The molecule has 0 atom stereocenters. The molecule has 1 aromatic carbocycles. The number of piperazine rings is 1. The number of hydrogen-bond acceptors (Lipinski definition) is 5. The minimum absolute atomic E-state index is 0.228. The third kappa shape index (κ3) is 3.60. The molecule has 2 aromatic rings. The molecule has 0 unspecified atom stereocenters. The number of hydrogen-bond donors (Lipinski definition) is 0. The molecule has 0 bridgehead atoms. The first kappa shape index (κ1) is 16.3. The number of morpholine rings is 1. The Bertz CT molecular complexity index is 732. The van der Waals surface area contributed by atoms with Crippen LogP contribution in [0.5, 0.6) is 0 Å². The minimum atomic E-state index is 0.228. The molecule has 0 radical (unpaired) electrons. The fourth-order valence-electron chi connectivity index (χ4n) is 3.61. The van der Waals surface area contributed by atoms with Gasteiger partial charge in [0.15, 0.2) is 0 Å². The lowest BCUT2D eigenvalue weighted by Crippen LogP contribution is -2.51. The fraction of sp³-hybridized carbons (Fsp3) is 0.474. The summed E-state index contributed by atoms with van der Waals surface area (Å²) in [5.74, 6) is 0.228. The second-order valence-corrected chi connectivity index (χ2v) is 6.60. The lowest BCUT2D eigenvalue weighted by molar-refractivity contribution is -0.136. The van der Waals surface area contributed by atoms with E-state index in [1.54, 1.807) is 0 Å². The maximum atomic E-state index is 12.4. The van der Waals surface area contributed by atoms with Crippen molar-refractivity contribution in [3.05, 3.63) is 36.5 Å². The molecule has 6 heteroatoms. The van der Waals surface area contributed by atoms with E-state index < -0.39 is 0 Å². The van der Waals surface area contributed by atoms with Crippen molar-refractivity contribution in [2.45, 2.75) is 0 Å². The number of pyridine rings is 1. The van der Waals surface area contributed by atoms with E-state index in [4.69, 9.17) is 4.74 Å². The highest BCUT2D eigenvalue weighted by molar-refractivity contribution is 5.91. The number of ether oxygens (including phenoxy) is 1. The first-order valence-corrected chi connectivity index (χ1v) is 8.98. The SMILES string of the molecule is O=C(CN1CCN(c2ccnc3ccccc23)CC1)N1CCOCC1. The summed E-state index contributed by atoms with van der Waals surface area (Å²) < 4.78 is 5.32. The van der Waals surface area contributed by atoms with Gasteiger partial charge in [-0.3, -0.25) is 14.7 Å². The van der Waals surface area contributed by atoms with Crippen LogP contribution in [-0.2, 0) is 9.53 Å². The number of para-hydroxylation sites is 1. The van der Waals surface area contributed by atoms with Gasteiger partial charge in [0.25, 0.3) is 0 Å². The van der Waals surface area contributed by atoms with Crippen LogP contribution in [0.3, 0.4) is 0 Å². The molecule has 4 rings (SSSR count). The van der Waals surface area contributed by atoms with Gasteiger partial charge < -0.3 is 14.5 Å². The van der Waals surface area contributed by atoms with Gasteiger partial charge in [-0.05, 0) is 12.1 Å². The number of nitrogens with zero attached hydrogens (tertiary/aromatic N) is 4. The van der Waals surface area contributed by atoms with E-state index >= 15 is 0 Å². The number of fused-ring (bicyclic) bond motifs is 1. The molecule has 1 amide bonds. The van der Waals surface area contributed by atoms with E-state index in [1.165, 1.54) is 11.1 Å². The summed E-state index contributed by atoms with van der Waals surface area (Å²) in [6.07, 6.45) is 1.88. The predicted molar refractivity (Wildman–Crippen MR) is 97.8 cm³/mol. The third-order valence-corrected chi connectivity index (χ3v) is 5.06. The van der Waals surface area contributed by atoms with E-state index in [0.29, 0.717) is 19.8 Å². The highest BCUT2D eigenvalue weighted by atomic mass is 16.5. The van der Waals surface area contributed by atoms with Gasteiger partial charge in [-0.15, -0.1) is 0 Å². The maximum absolute atomic E-state index is 12.4. The van der Waals surface area contributed by atoms with Crippen molar-refractivity contribution in [1.82, 2.24) is 14.8 Å². The molecule has 0 saturated carbocycles. The predicted octanol–water partition coefficient (Wildman–Crippen LogP) is 1.22. The topological polar surface area (TPSA) is 48.9 Å². The monoisotopic (exact) mass is 340 g/mol. The van der Waals surface area contributed by atoms with Crippen molar-refractivity contribution >= 4 is 22.5 Å². The lowest BCUT2D eigenvalue weighted by Gasteiger charge is -2.37. The number of benzene rings is 1. The van der Waals surface area contributed by atoms with Crippen LogP contribution < -0.4 is 4.90 Å². The van der Waals surface area contributed by atoms with Crippen LogP contribution in [0.15, 0.2) is 36.5 Å². The van der Waals surface area contributed by atoms with Gasteiger partial charge in [-0.25, -0.2) is 0 Å². The van der Waals surface area contributed by atoms with Crippen molar-refractivity contribution < 1.29 is 9.53 Å². The van der Waals surface area contributed by atoms with E-state index in [2.05, 4.69) is 39.0 Å². The molecule has 25 heavy (non-hydrogen) atoms. The molecule has 6 nitrogen and oxygen atoms in total. The fourth-order valence-corrected chi connectivity index (χ4v) is 3.61. The van der Waals surface area contributed by atoms with Crippen LogP contribution in [0.25, 0.3) is 10.9 Å². The first-order chi connectivity index (χ1) is 12.3. The number of carbonyl (C=O) groups is 1. The van der Waals surface area contributed by atoms with Gasteiger partial charge >= 0.3 is 0 Å². The molecule has 0 aliphatic carbocycles. The van der Waals surface area contributed by atoms with Crippen molar-refractivity contribution in [2.24, 2.45) is 0 Å². The smallest absolute Gasteiger partial charge is 0.236 e. The number of aromatic nitrogens is 1. The van der Waals surface area contributed by atoms with Gasteiger partial charge in [0.2, 0.25) is 5.91 Å². The summed E-state index contributed by atoms with van der Waals surface area (Å²) in [6, 6.07) is 10.4. The van der Waals surface area contributed by atoms with Gasteiger partial charge in [0.05, 0.1) is 25.3 Å². The number of anilines is 1. The largest absolute Gasteiger partial charge is 0.378 e. The average Bonchev–Trinajstić information content (AvgIpc) is 2.69. The molecule has 2 aliphatic heterocycles. The van der Waals surface area contributed by atoms with Gasteiger partial charge in [-0.1, -0.05) is 18.2 Å². The van der Waals surface area contributed by atoms with Gasteiger partial charge in [0, 0.05) is 56.5 Å². The number of rotatable bonds is 3. The van der Waals surface area contributed by atoms with Gasteiger partial charge in [-0.2, -0.15) is 0 Å². The highest BCUT2D eigenvalue weighted by Gasteiger charge is 2.23. The lowest BCUT2D eigenvalue weighted by atomic mass is 10.1. The summed E-state index contributed by atoms with van der Waals surface area (Å²) in [5, 5.41) is 1.20. The van der Waals surface area contributed by atoms with Crippen molar-refractivity contribution in [3.8, 4) is 0 Å². The van der Waals surface area contributed by atoms with E-state index in [1.807, 2.05) is 17.2 Å². The Labute approximate surface area is 148 Å². The van der Waals surface area contributed by atoms with Crippen molar-refractivity contribution in [3.63, 3.8) is 0 Å². The summed E-state index contributed by atoms with van der Waals surface area (Å²) in [5.41, 5.74) is 2.27. The summed E-state index contributed by atoms with van der Waals surface area (Å²) >= 11 is 0. The summed E-state index contributed by atoms with van der Waals surface area (Å²) in [6.45, 7) is 6.98. The molecule has 3 heterocycles. The van der Waals surface area contributed by atoms with Gasteiger partial charge in [0.1, 0.15) is 0 Å². The Kier molecular flexibility index (Phi) is 4.81. The number of carbonyl (C=O) groups excluding carboxylic acids is 1. The molecule has 2 aliphatic rings. The quantitative estimate of drug-likeness (QED) is 0.841. The maximum Gasteiger partial charge on any atom is 0.236 e. The molecule has 132 valence electrons. The van der Waals surface area contributed by atoms with Crippen LogP contribution in [0.4, 0.5) is 5.69 Å². The van der Waals surface area contributed by atoms with Crippen LogP contribution in [0.2, 0.25) is 0 Å². The van der Waals surface area contributed by atoms with E-state index in [0.717, 1.165) is 44.8 Å². The standard InChI is InChI=1S/C19H24N4O2/c24-19(23-11-13-25-14-12-23)15-21-7-9-22(10-8-21)18-5-6-20-17-4-2-1-3-16(17)18/h1-6H,7-15H2. The van der Waals surface area contributed by atoms with Crippen LogP contribution in [0, 0.1) is 0 Å². The molecule has 2 saturated heterocycles. The molecular formula is C19H24N4O2. The zero-order valence-corrected chi connectivity index (χ0v) is 14.4. The minimum Gasteiger partial charge on any atom is -0.378 e. The van der Waals surface area contributed by atoms with Crippen molar-refractivity contribution in [1.29, 1.82) is 0 Å². The van der Waals surface area contributed by atoms with Crippen molar-refractivity contribution in [2.75, 3.05) is 63.9 Å². The van der Waals surface area contributed by atoms with Crippen LogP contribution >= 0.6 is 0 Å². The zero-order valence-electron chi connectivity index (χ0n) is 14.4. The third-order valence-electron chi connectivity index (χ3n) is 5.06. The Morgan fingerprint density at radius 2 is 1.76 bits per heavy atom. The molecule has 0 N–H and O–H groups in total. The normalized spacial score (nSPS) is 19.4. The summed E-state index contributed by atoms with van der Waals surface area (Å²) in [7, 11) is 0. The molecule has 2 fully saturated rings. The average molecular weight is 340 g/mol. The first-order valence-electron chi connectivity index (χ1n) is 8.98. The Morgan fingerprint density at radius 1 is 1.00 bits per heavy atom. The molecular weight excluding hydrogens is 316 g/mol. The number of amides is 1. The Morgan fingerprint density at radius 3 is 2.56 bits per heavy atom. The van der Waals surface area contributed by atoms with E-state index in [9.17, 15) is 4.79 Å².